The highest BCUT2D eigenvalue weighted by Crippen LogP contribution is 2.33. The largest absolute Gasteiger partial charge is 0.491 e. The lowest BCUT2D eigenvalue weighted by atomic mass is 10.1. The second-order valence-corrected chi connectivity index (χ2v) is 7.45. The first-order chi connectivity index (χ1) is 14.0. The number of hydrogen-bond donors (Lipinski definition) is 1. The summed E-state index contributed by atoms with van der Waals surface area (Å²) in [7, 11) is 0. The molecule has 0 spiro atoms. The van der Waals surface area contributed by atoms with Gasteiger partial charge in [0.25, 0.3) is 0 Å². The molecular formula is C21H21ClN2O5. The van der Waals surface area contributed by atoms with Crippen LogP contribution in [0.15, 0.2) is 42.5 Å². The summed E-state index contributed by atoms with van der Waals surface area (Å²) < 4.78 is 11.3. The van der Waals surface area contributed by atoms with Gasteiger partial charge in [0.05, 0.1) is 31.4 Å². The summed E-state index contributed by atoms with van der Waals surface area (Å²) in [6, 6.07) is 11.7. The number of carboxylic acids is 1. The lowest BCUT2D eigenvalue weighted by molar-refractivity contribution is 0.0362. The number of ether oxygens (including phenoxy) is 2. The maximum absolute atomic E-state index is 13.4. The average Bonchev–Trinajstić information content (AvgIpc) is 2.93. The summed E-state index contributed by atoms with van der Waals surface area (Å²) >= 11 is 6.03. The molecule has 0 aromatic heterocycles. The molecule has 29 heavy (non-hydrogen) atoms. The molecule has 152 valence electrons. The van der Waals surface area contributed by atoms with Crippen LogP contribution in [0.25, 0.3) is 0 Å². The number of fused-ring (bicyclic) bond motifs is 1. The molecule has 0 bridgehead atoms. The van der Waals surface area contributed by atoms with E-state index in [1.165, 1.54) is 12.1 Å². The van der Waals surface area contributed by atoms with Crippen LogP contribution in [0, 0.1) is 0 Å². The van der Waals surface area contributed by atoms with Crippen LogP contribution in [0.2, 0.25) is 5.02 Å². The van der Waals surface area contributed by atoms with Crippen molar-refractivity contribution in [3.8, 4) is 5.75 Å². The number of benzene rings is 2. The number of hydrogen-bond acceptors (Lipinski definition) is 4. The van der Waals surface area contributed by atoms with Gasteiger partial charge >= 0.3 is 12.0 Å². The summed E-state index contributed by atoms with van der Waals surface area (Å²) in [5.74, 6) is -0.530. The molecule has 2 aliphatic rings. The van der Waals surface area contributed by atoms with Gasteiger partial charge in [-0.15, -0.1) is 0 Å². The maximum Gasteiger partial charge on any atom is 0.335 e. The zero-order chi connectivity index (χ0) is 20.4. The molecule has 0 aliphatic carbocycles. The highest BCUT2D eigenvalue weighted by atomic mass is 35.5. The van der Waals surface area contributed by atoms with Crippen LogP contribution >= 0.6 is 11.6 Å². The highest BCUT2D eigenvalue weighted by Gasteiger charge is 2.33. The van der Waals surface area contributed by atoms with Crippen molar-refractivity contribution in [1.82, 2.24) is 9.80 Å². The molecule has 8 heteroatoms. The molecule has 1 fully saturated rings. The molecular weight excluding hydrogens is 396 g/mol. The first-order valence-electron chi connectivity index (χ1n) is 9.40. The van der Waals surface area contributed by atoms with E-state index in [0.29, 0.717) is 43.6 Å². The quantitative estimate of drug-likeness (QED) is 0.811. The van der Waals surface area contributed by atoms with Crippen LogP contribution in [-0.4, -0.2) is 59.8 Å². The van der Waals surface area contributed by atoms with E-state index in [4.69, 9.17) is 21.1 Å². The Morgan fingerprint density at radius 2 is 1.79 bits per heavy atom. The number of halogens is 1. The minimum atomic E-state index is -1.02. The highest BCUT2D eigenvalue weighted by molar-refractivity contribution is 6.30. The average molecular weight is 417 g/mol. The number of morpholine rings is 1. The van der Waals surface area contributed by atoms with Crippen molar-refractivity contribution in [2.75, 3.05) is 32.9 Å². The predicted octanol–water partition coefficient (Wildman–Crippen LogP) is 3.43. The molecule has 2 amide bonds. The van der Waals surface area contributed by atoms with Crippen LogP contribution in [0.4, 0.5) is 4.79 Å². The van der Waals surface area contributed by atoms with Gasteiger partial charge in [-0.3, -0.25) is 0 Å². The van der Waals surface area contributed by atoms with E-state index in [2.05, 4.69) is 0 Å². The first kappa shape index (κ1) is 19.5. The number of urea groups is 1. The number of aromatic carboxylic acids is 1. The van der Waals surface area contributed by atoms with Gasteiger partial charge in [0.15, 0.2) is 0 Å². The van der Waals surface area contributed by atoms with Crippen molar-refractivity contribution >= 4 is 23.6 Å². The Morgan fingerprint density at radius 3 is 2.48 bits per heavy atom. The van der Waals surface area contributed by atoms with Gasteiger partial charge in [0.2, 0.25) is 0 Å². The molecule has 1 N–H and O–H groups in total. The van der Waals surface area contributed by atoms with Crippen LogP contribution in [-0.2, 0) is 11.3 Å². The number of carbonyl (C=O) groups is 2. The third kappa shape index (κ3) is 4.16. The first-order valence-corrected chi connectivity index (χ1v) is 9.78. The monoisotopic (exact) mass is 416 g/mol. The van der Waals surface area contributed by atoms with Crippen molar-refractivity contribution in [1.29, 1.82) is 0 Å². The van der Waals surface area contributed by atoms with E-state index in [-0.39, 0.29) is 24.2 Å². The topological polar surface area (TPSA) is 79.3 Å². The van der Waals surface area contributed by atoms with Gasteiger partial charge in [-0.1, -0.05) is 29.8 Å². The minimum absolute atomic E-state index is 0.0907. The van der Waals surface area contributed by atoms with Gasteiger partial charge < -0.3 is 24.4 Å². The molecule has 0 saturated carbocycles. The fourth-order valence-corrected chi connectivity index (χ4v) is 3.73. The van der Waals surface area contributed by atoms with Crippen LogP contribution in [0.5, 0.6) is 5.75 Å². The molecule has 0 radical (unpaired) electrons. The standard InChI is InChI=1S/C21H21ClN2O5/c22-17-5-3-14(4-6-17)18-13-29-19-11-15(20(25)26)1-2-16(19)12-24(18)21(27)23-7-9-28-10-8-23/h1-6,11,18H,7-10,12-13H2,(H,25,26)/t18-/m1/s1. The molecule has 4 rings (SSSR count). The SMILES string of the molecule is O=C(O)c1ccc2c(c1)OC[C@H](c1ccc(Cl)cc1)N(C(=O)N1CCOCC1)C2. The summed E-state index contributed by atoms with van der Waals surface area (Å²) in [6.45, 7) is 2.63. The van der Waals surface area contributed by atoms with E-state index in [1.807, 2.05) is 12.1 Å². The smallest absolute Gasteiger partial charge is 0.335 e. The van der Waals surface area contributed by atoms with Gasteiger partial charge in [-0.2, -0.15) is 0 Å². The Balaban J connectivity index is 1.69. The third-order valence-corrected chi connectivity index (χ3v) is 5.46. The van der Waals surface area contributed by atoms with Gasteiger partial charge in [-0.25, -0.2) is 9.59 Å². The Morgan fingerprint density at radius 1 is 1.07 bits per heavy atom. The van der Waals surface area contributed by atoms with Gasteiger partial charge in [0, 0.05) is 23.7 Å². The Kier molecular flexibility index (Phi) is 5.60. The second-order valence-electron chi connectivity index (χ2n) is 7.02. The van der Waals surface area contributed by atoms with Crippen molar-refractivity contribution in [2.24, 2.45) is 0 Å². The maximum atomic E-state index is 13.4. The molecule has 1 saturated heterocycles. The molecule has 1 atom stereocenters. The number of amides is 2. The molecule has 7 nitrogen and oxygen atoms in total. The summed E-state index contributed by atoms with van der Waals surface area (Å²) in [5, 5.41) is 9.89. The number of carboxylic acid groups (broad SMARTS) is 1. The Hall–Kier alpha value is -2.77. The molecule has 2 heterocycles. The predicted molar refractivity (Wildman–Crippen MR) is 106 cm³/mol. The Bertz CT molecular complexity index is 912. The van der Waals surface area contributed by atoms with Crippen LogP contribution in [0.1, 0.15) is 27.5 Å². The van der Waals surface area contributed by atoms with Crippen LogP contribution in [0.3, 0.4) is 0 Å². The fraction of sp³-hybridized carbons (Fsp3) is 0.333. The molecule has 2 aliphatic heterocycles. The van der Waals surface area contributed by atoms with Crippen molar-refractivity contribution in [2.45, 2.75) is 12.6 Å². The van der Waals surface area contributed by atoms with Crippen molar-refractivity contribution in [3.05, 3.63) is 64.2 Å². The van der Waals surface area contributed by atoms with Gasteiger partial charge in [0.1, 0.15) is 12.4 Å². The van der Waals surface area contributed by atoms with E-state index in [9.17, 15) is 14.7 Å². The number of nitrogens with zero attached hydrogens (tertiary/aromatic N) is 2. The molecule has 0 unspecified atom stereocenters. The normalized spacial score (nSPS) is 19.1. The number of rotatable bonds is 2. The Labute approximate surface area is 173 Å². The molecule has 2 aromatic carbocycles. The number of carbonyl (C=O) groups excluding carboxylic acids is 1. The summed E-state index contributed by atoms with van der Waals surface area (Å²) in [4.78, 5) is 28.2. The lowest BCUT2D eigenvalue weighted by Crippen LogP contribution is -2.49. The molecule has 2 aromatic rings. The van der Waals surface area contributed by atoms with E-state index in [0.717, 1.165) is 11.1 Å². The third-order valence-electron chi connectivity index (χ3n) is 5.21. The van der Waals surface area contributed by atoms with E-state index < -0.39 is 5.97 Å². The summed E-state index contributed by atoms with van der Waals surface area (Å²) in [5.41, 5.74) is 1.83. The van der Waals surface area contributed by atoms with Crippen LogP contribution < -0.4 is 4.74 Å². The second kappa shape index (κ2) is 8.31. The fourth-order valence-electron chi connectivity index (χ4n) is 3.60. The zero-order valence-electron chi connectivity index (χ0n) is 15.7. The van der Waals surface area contributed by atoms with Crippen molar-refractivity contribution < 1.29 is 24.2 Å². The lowest BCUT2D eigenvalue weighted by Gasteiger charge is -2.36. The zero-order valence-corrected chi connectivity index (χ0v) is 16.5. The van der Waals surface area contributed by atoms with Crippen molar-refractivity contribution in [3.63, 3.8) is 0 Å². The minimum Gasteiger partial charge on any atom is -0.491 e. The summed E-state index contributed by atoms with van der Waals surface area (Å²) in [6.07, 6.45) is 0. The van der Waals surface area contributed by atoms with Gasteiger partial charge in [-0.05, 0) is 29.8 Å². The van der Waals surface area contributed by atoms with E-state index >= 15 is 0 Å². The van der Waals surface area contributed by atoms with E-state index in [1.54, 1.807) is 28.0 Å².